The third kappa shape index (κ3) is 4.01. The van der Waals surface area contributed by atoms with E-state index in [1.54, 1.807) is 21.9 Å². The van der Waals surface area contributed by atoms with Gasteiger partial charge in [-0.15, -0.1) is 0 Å². The first-order chi connectivity index (χ1) is 12.4. The maximum atomic E-state index is 13.2. The van der Waals surface area contributed by atoms with Gasteiger partial charge in [-0.3, -0.25) is 14.4 Å². The monoisotopic (exact) mass is 363 g/mol. The van der Waals surface area contributed by atoms with Crippen molar-refractivity contribution < 1.29 is 23.5 Å². The second-order valence-electron chi connectivity index (χ2n) is 6.76. The fourth-order valence-electron chi connectivity index (χ4n) is 3.44. The Bertz CT molecular complexity index is 709. The minimum absolute atomic E-state index is 0.0496. The minimum atomic E-state index is -0.646. The first-order valence-electron chi connectivity index (χ1n) is 8.61. The van der Waals surface area contributed by atoms with Crippen molar-refractivity contribution >= 4 is 23.4 Å². The fraction of sp³-hybridized carbons (Fsp3) is 0.500. The van der Waals surface area contributed by atoms with E-state index in [0.29, 0.717) is 25.3 Å². The van der Waals surface area contributed by atoms with Crippen LogP contribution in [0.25, 0.3) is 0 Å². The SMILES string of the molecule is CC(=O)NCC(=O)N1CCCC2(C1)CN(c1ccc(F)cc1)C(=O)CO2. The Kier molecular flexibility index (Phi) is 5.22. The largest absolute Gasteiger partial charge is 0.361 e. The molecule has 1 aromatic rings. The molecule has 140 valence electrons. The fourth-order valence-corrected chi connectivity index (χ4v) is 3.44. The molecule has 8 heteroatoms. The maximum Gasteiger partial charge on any atom is 0.253 e. The average Bonchev–Trinajstić information content (AvgIpc) is 2.63. The van der Waals surface area contributed by atoms with Crippen molar-refractivity contribution in [2.75, 3.05) is 37.7 Å². The number of piperidine rings is 1. The Labute approximate surface area is 151 Å². The molecule has 1 atom stereocenters. The lowest BCUT2D eigenvalue weighted by atomic mass is 9.90. The Morgan fingerprint density at radius 1 is 1.27 bits per heavy atom. The highest BCUT2D eigenvalue weighted by Gasteiger charge is 2.44. The maximum absolute atomic E-state index is 13.2. The number of rotatable bonds is 3. The standard InChI is InChI=1S/C18H22FN3O4/c1-13(23)20-9-16(24)21-8-2-7-18(11-21)12-22(17(25)10-26-18)15-5-3-14(19)4-6-15/h3-6H,2,7-12H2,1H3,(H,20,23). The van der Waals surface area contributed by atoms with E-state index in [4.69, 9.17) is 4.74 Å². The zero-order valence-corrected chi connectivity index (χ0v) is 14.7. The number of nitrogens with one attached hydrogen (secondary N) is 1. The van der Waals surface area contributed by atoms with Crippen LogP contribution >= 0.6 is 0 Å². The van der Waals surface area contributed by atoms with Gasteiger partial charge in [0.2, 0.25) is 11.8 Å². The molecule has 3 amide bonds. The molecule has 1 spiro atoms. The predicted molar refractivity (Wildman–Crippen MR) is 91.9 cm³/mol. The lowest BCUT2D eigenvalue weighted by molar-refractivity contribution is -0.153. The van der Waals surface area contributed by atoms with Gasteiger partial charge in [-0.25, -0.2) is 4.39 Å². The number of morpholine rings is 1. The quantitative estimate of drug-likeness (QED) is 0.857. The molecule has 0 saturated carbocycles. The summed E-state index contributed by atoms with van der Waals surface area (Å²) in [6, 6.07) is 5.76. The number of nitrogens with zero attached hydrogens (tertiary/aromatic N) is 2. The van der Waals surface area contributed by atoms with Crippen molar-refractivity contribution in [3.05, 3.63) is 30.1 Å². The van der Waals surface area contributed by atoms with Crippen LogP contribution in [0.3, 0.4) is 0 Å². The third-order valence-corrected chi connectivity index (χ3v) is 4.77. The number of benzene rings is 1. The third-order valence-electron chi connectivity index (χ3n) is 4.77. The summed E-state index contributed by atoms with van der Waals surface area (Å²) in [6.45, 7) is 2.49. The van der Waals surface area contributed by atoms with E-state index < -0.39 is 5.60 Å². The molecule has 1 aromatic carbocycles. The molecule has 1 unspecified atom stereocenters. The molecule has 2 aliphatic heterocycles. The molecular formula is C18H22FN3O4. The molecule has 0 bridgehead atoms. The number of amides is 3. The Balaban J connectivity index is 1.72. The van der Waals surface area contributed by atoms with E-state index in [2.05, 4.69) is 5.32 Å². The molecule has 2 fully saturated rings. The van der Waals surface area contributed by atoms with Crippen LogP contribution in [-0.4, -0.2) is 61.0 Å². The molecule has 26 heavy (non-hydrogen) atoms. The summed E-state index contributed by atoms with van der Waals surface area (Å²) in [6.07, 6.45) is 1.47. The van der Waals surface area contributed by atoms with Crippen LogP contribution in [0, 0.1) is 5.82 Å². The van der Waals surface area contributed by atoms with Gasteiger partial charge in [0.05, 0.1) is 19.6 Å². The highest BCUT2D eigenvalue weighted by molar-refractivity contribution is 5.95. The summed E-state index contributed by atoms with van der Waals surface area (Å²) in [7, 11) is 0. The molecule has 1 N–H and O–H groups in total. The van der Waals surface area contributed by atoms with Gasteiger partial charge in [0, 0.05) is 19.2 Å². The highest BCUT2D eigenvalue weighted by atomic mass is 19.1. The zero-order valence-electron chi connectivity index (χ0n) is 14.7. The molecule has 2 aliphatic rings. The first kappa shape index (κ1) is 18.3. The van der Waals surface area contributed by atoms with Gasteiger partial charge in [0.15, 0.2) is 0 Å². The van der Waals surface area contributed by atoms with E-state index in [0.717, 1.165) is 12.8 Å². The van der Waals surface area contributed by atoms with Crippen LogP contribution < -0.4 is 10.2 Å². The molecule has 0 aromatic heterocycles. The summed E-state index contributed by atoms with van der Waals surface area (Å²) < 4.78 is 19.0. The van der Waals surface area contributed by atoms with Crippen LogP contribution in [0.4, 0.5) is 10.1 Å². The van der Waals surface area contributed by atoms with Gasteiger partial charge < -0.3 is 19.9 Å². The van der Waals surface area contributed by atoms with E-state index in [9.17, 15) is 18.8 Å². The summed E-state index contributed by atoms with van der Waals surface area (Å²) >= 11 is 0. The normalized spacial score (nSPS) is 23.2. The summed E-state index contributed by atoms with van der Waals surface area (Å²) in [5, 5.41) is 2.51. The number of carbonyl (C=O) groups excluding carboxylic acids is 3. The van der Waals surface area contributed by atoms with Crippen LogP contribution in [0.2, 0.25) is 0 Å². The minimum Gasteiger partial charge on any atom is -0.361 e. The smallest absolute Gasteiger partial charge is 0.253 e. The number of halogens is 1. The second-order valence-corrected chi connectivity index (χ2v) is 6.76. The van der Waals surface area contributed by atoms with Gasteiger partial charge in [0.1, 0.15) is 18.0 Å². The predicted octanol–water partition coefficient (Wildman–Crippen LogP) is 0.686. The summed E-state index contributed by atoms with van der Waals surface area (Å²) in [5.74, 6) is -0.985. The van der Waals surface area contributed by atoms with Crippen molar-refractivity contribution in [1.29, 1.82) is 0 Å². The van der Waals surface area contributed by atoms with E-state index in [1.165, 1.54) is 19.1 Å². The summed E-state index contributed by atoms with van der Waals surface area (Å²) in [4.78, 5) is 38.9. The second kappa shape index (κ2) is 7.41. The van der Waals surface area contributed by atoms with Crippen molar-refractivity contribution in [2.45, 2.75) is 25.4 Å². The molecule has 3 rings (SSSR count). The van der Waals surface area contributed by atoms with Gasteiger partial charge in [-0.05, 0) is 37.1 Å². The average molecular weight is 363 g/mol. The lowest BCUT2D eigenvalue weighted by Gasteiger charge is -2.47. The van der Waals surface area contributed by atoms with E-state index >= 15 is 0 Å². The topological polar surface area (TPSA) is 79.0 Å². The van der Waals surface area contributed by atoms with Crippen molar-refractivity contribution in [1.82, 2.24) is 10.2 Å². The highest BCUT2D eigenvalue weighted by Crippen LogP contribution is 2.31. The Hall–Kier alpha value is -2.48. The van der Waals surface area contributed by atoms with Crippen molar-refractivity contribution in [2.24, 2.45) is 0 Å². The molecule has 7 nitrogen and oxygen atoms in total. The van der Waals surface area contributed by atoms with Crippen molar-refractivity contribution in [3.63, 3.8) is 0 Å². The molecule has 2 heterocycles. The number of anilines is 1. The van der Waals surface area contributed by atoms with Gasteiger partial charge in [0.25, 0.3) is 5.91 Å². The number of carbonyl (C=O) groups is 3. The van der Waals surface area contributed by atoms with Gasteiger partial charge >= 0.3 is 0 Å². The number of hydrogen-bond donors (Lipinski definition) is 1. The van der Waals surface area contributed by atoms with Crippen LogP contribution in [-0.2, 0) is 19.1 Å². The molecular weight excluding hydrogens is 341 g/mol. The van der Waals surface area contributed by atoms with E-state index in [1.807, 2.05) is 0 Å². The Morgan fingerprint density at radius 2 is 2.00 bits per heavy atom. The molecule has 0 radical (unpaired) electrons. The first-order valence-corrected chi connectivity index (χ1v) is 8.61. The zero-order chi connectivity index (χ0) is 18.7. The van der Waals surface area contributed by atoms with Gasteiger partial charge in [-0.1, -0.05) is 0 Å². The number of likely N-dealkylation sites (tertiary alicyclic amines) is 1. The number of hydrogen-bond acceptors (Lipinski definition) is 4. The van der Waals surface area contributed by atoms with Crippen LogP contribution in [0.5, 0.6) is 0 Å². The van der Waals surface area contributed by atoms with E-state index in [-0.39, 0.29) is 36.7 Å². The van der Waals surface area contributed by atoms with Gasteiger partial charge in [-0.2, -0.15) is 0 Å². The lowest BCUT2D eigenvalue weighted by Crippen LogP contribution is -2.62. The van der Waals surface area contributed by atoms with Crippen molar-refractivity contribution in [3.8, 4) is 0 Å². The molecule has 0 aliphatic carbocycles. The van der Waals surface area contributed by atoms with Crippen LogP contribution in [0.15, 0.2) is 24.3 Å². The summed E-state index contributed by atoms with van der Waals surface area (Å²) in [5.41, 5.74) is -0.0346. The van der Waals surface area contributed by atoms with Crippen LogP contribution in [0.1, 0.15) is 19.8 Å². The Morgan fingerprint density at radius 3 is 2.69 bits per heavy atom. The number of ether oxygens (including phenoxy) is 1. The molecule has 2 saturated heterocycles.